The van der Waals surface area contributed by atoms with Gasteiger partial charge in [0.05, 0.1) is 5.92 Å². The highest BCUT2D eigenvalue weighted by Gasteiger charge is 2.34. The second kappa shape index (κ2) is 6.52. The zero-order valence-electron chi connectivity index (χ0n) is 11.5. The smallest absolute Gasteiger partial charge is 0.308 e. The van der Waals surface area contributed by atoms with Gasteiger partial charge in [0, 0.05) is 19.7 Å². The molecule has 20 heavy (non-hydrogen) atoms. The number of hydrogen-bond acceptors (Lipinski definition) is 3. The highest BCUT2D eigenvalue weighted by molar-refractivity contribution is 5.83. The van der Waals surface area contributed by atoms with Crippen molar-refractivity contribution in [2.75, 3.05) is 19.7 Å². The van der Waals surface area contributed by atoms with E-state index in [0.717, 1.165) is 5.56 Å². The van der Waals surface area contributed by atoms with Crippen LogP contribution in [-0.2, 0) is 14.3 Å². The molecule has 0 spiro atoms. The molecule has 1 N–H and O–H groups in total. The number of likely N-dealkylation sites (tertiary alicyclic amines) is 1. The van der Waals surface area contributed by atoms with E-state index in [1.165, 1.54) is 0 Å². The van der Waals surface area contributed by atoms with Crippen molar-refractivity contribution in [1.82, 2.24) is 4.90 Å². The lowest BCUT2D eigenvalue weighted by atomic mass is 10.1. The molecule has 1 aromatic carbocycles. The van der Waals surface area contributed by atoms with E-state index < -0.39 is 18.0 Å². The van der Waals surface area contributed by atoms with Crippen LogP contribution in [0.4, 0.5) is 0 Å². The number of hydrogen-bond donors (Lipinski definition) is 1. The normalized spacial score (nSPS) is 19.9. The topological polar surface area (TPSA) is 66.8 Å². The Hall–Kier alpha value is -1.88. The number of carbonyl (C=O) groups is 2. The molecule has 0 unspecified atom stereocenters. The predicted octanol–water partition coefficient (Wildman–Crippen LogP) is 1.70. The summed E-state index contributed by atoms with van der Waals surface area (Å²) in [5.41, 5.74) is 0.804. The van der Waals surface area contributed by atoms with Crippen molar-refractivity contribution in [3.63, 3.8) is 0 Å². The first-order chi connectivity index (χ1) is 9.63. The summed E-state index contributed by atoms with van der Waals surface area (Å²) in [7, 11) is 0. The van der Waals surface area contributed by atoms with Gasteiger partial charge in [-0.25, -0.2) is 0 Å². The Bertz CT molecular complexity index is 474. The molecule has 0 saturated carbocycles. The van der Waals surface area contributed by atoms with E-state index in [4.69, 9.17) is 9.84 Å². The fraction of sp³-hybridized carbons (Fsp3) is 0.467. The molecule has 0 aliphatic carbocycles. The second-order valence-corrected chi connectivity index (χ2v) is 4.85. The van der Waals surface area contributed by atoms with Gasteiger partial charge in [0.2, 0.25) is 0 Å². The van der Waals surface area contributed by atoms with Crippen LogP contribution in [-0.4, -0.2) is 41.6 Å². The Balaban J connectivity index is 2.10. The second-order valence-electron chi connectivity index (χ2n) is 4.85. The third-order valence-electron chi connectivity index (χ3n) is 3.51. The van der Waals surface area contributed by atoms with Gasteiger partial charge in [-0.15, -0.1) is 0 Å². The zero-order valence-corrected chi connectivity index (χ0v) is 11.5. The molecule has 1 aliphatic rings. The van der Waals surface area contributed by atoms with Gasteiger partial charge in [-0.05, 0) is 18.9 Å². The van der Waals surface area contributed by atoms with E-state index in [2.05, 4.69) is 0 Å². The molecular formula is C15H19NO4. The van der Waals surface area contributed by atoms with E-state index in [0.29, 0.717) is 19.6 Å². The minimum atomic E-state index is -0.840. The van der Waals surface area contributed by atoms with Crippen molar-refractivity contribution in [3.05, 3.63) is 35.9 Å². The standard InChI is InChI=1S/C15H19NO4/c1-2-20-13(11-6-4-3-5-7-11)14(17)16-9-8-12(10-16)15(18)19/h3-7,12-13H,2,8-10H2,1H3,(H,18,19)/t12-,13-/m0/s1. The molecule has 0 aromatic heterocycles. The monoisotopic (exact) mass is 277 g/mol. The Labute approximate surface area is 118 Å². The van der Waals surface area contributed by atoms with Crippen molar-refractivity contribution in [2.24, 2.45) is 5.92 Å². The van der Waals surface area contributed by atoms with Crippen molar-refractivity contribution in [1.29, 1.82) is 0 Å². The average molecular weight is 277 g/mol. The number of nitrogens with zero attached hydrogens (tertiary/aromatic N) is 1. The number of amides is 1. The largest absolute Gasteiger partial charge is 0.481 e. The van der Waals surface area contributed by atoms with Crippen LogP contribution in [0.5, 0.6) is 0 Å². The van der Waals surface area contributed by atoms with Crippen LogP contribution in [0, 0.1) is 5.92 Å². The lowest BCUT2D eigenvalue weighted by molar-refractivity contribution is -0.144. The van der Waals surface area contributed by atoms with Gasteiger partial charge in [0.25, 0.3) is 5.91 Å². The first-order valence-electron chi connectivity index (χ1n) is 6.81. The maximum absolute atomic E-state index is 12.5. The Morgan fingerprint density at radius 2 is 2.10 bits per heavy atom. The number of ether oxygens (including phenoxy) is 1. The summed E-state index contributed by atoms with van der Waals surface area (Å²) in [5.74, 6) is -1.45. The summed E-state index contributed by atoms with van der Waals surface area (Å²) >= 11 is 0. The molecule has 1 aromatic rings. The number of carboxylic acid groups (broad SMARTS) is 1. The molecule has 108 valence electrons. The zero-order chi connectivity index (χ0) is 14.5. The van der Waals surface area contributed by atoms with Crippen molar-refractivity contribution >= 4 is 11.9 Å². The maximum atomic E-state index is 12.5. The van der Waals surface area contributed by atoms with Crippen LogP contribution < -0.4 is 0 Å². The molecule has 1 fully saturated rings. The van der Waals surface area contributed by atoms with Gasteiger partial charge in [-0.3, -0.25) is 9.59 Å². The first-order valence-corrected chi connectivity index (χ1v) is 6.81. The van der Waals surface area contributed by atoms with Gasteiger partial charge in [0.1, 0.15) is 0 Å². The number of benzene rings is 1. The fourth-order valence-corrected chi connectivity index (χ4v) is 2.43. The van der Waals surface area contributed by atoms with E-state index >= 15 is 0 Å². The van der Waals surface area contributed by atoms with Crippen molar-refractivity contribution in [2.45, 2.75) is 19.4 Å². The lowest BCUT2D eigenvalue weighted by Gasteiger charge is -2.23. The summed E-state index contributed by atoms with van der Waals surface area (Å²) < 4.78 is 5.56. The highest BCUT2D eigenvalue weighted by atomic mass is 16.5. The van der Waals surface area contributed by atoms with Gasteiger partial charge >= 0.3 is 5.97 Å². The molecule has 2 rings (SSSR count). The molecule has 5 heteroatoms. The Morgan fingerprint density at radius 3 is 2.65 bits per heavy atom. The number of aliphatic carboxylic acids is 1. The molecule has 5 nitrogen and oxygen atoms in total. The summed E-state index contributed by atoms with van der Waals surface area (Å²) in [6.07, 6.45) is -0.136. The molecule has 1 aliphatic heterocycles. The molecular weight excluding hydrogens is 258 g/mol. The minimum Gasteiger partial charge on any atom is -0.481 e. The van der Waals surface area contributed by atoms with Gasteiger partial charge in [-0.1, -0.05) is 30.3 Å². The summed E-state index contributed by atoms with van der Waals surface area (Å²) in [4.78, 5) is 25.1. The number of carboxylic acids is 1. The molecule has 0 radical (unpaired) electrons. The average Bonchev–Trinajstić information content (AvgIpc) is 2.95. The quantitative estimate of drug-likeness (QED) is 0.889. The maximum Gasteiger partial charge on any atom is 0.308 e. The lowest BCUT2D eigenvalue weighted by Crippen LogP contribution is -2.35. The third kappa shape index (κ3) is 3.17. The minimum absolute atomic E-state index is 0.151. The van der Waals surface area contributed by atoms with Crippen molar-refractivity contribution < 1.29 is 19.4 Å². The highest BCUT2D eigenvalue weighted by Crippen LogP contribution is 2.24. The van der Waals surface area contributed by atoms with Crippen LogP contribution >= 0.6 is 0 Å². The number of rotatable bonds is 5. The molecule has 1 heterocycles. The molecule has 1 amide bonds. The number of carbonyl (C=O) groups excluding carboxylic acids is 1. The Kier molecular flexibility index (Phi) is 4.74. The van der Waals surface area contributed by atoms with Crippen LogP contribution in [0.3, 0.4) is 0 Å². The SMILES string of the molecule is CCO[C@H](C(=O)N1CC[C@H](C(=O)O)C1)c1ccccc1. The molecule has 1 saturated heterocycles. The van der Waals surface area contributed by atoms with E-state index in [-0.39, 0.29) is 12.5 Å². The van der Waals surface area contributed by atoms with E-state index in [1.807, 2.05) is 37.3 Å². The fourth-order valence-electron chi connectivity index (χ4n) is 2.43. The van der Waals surface area contributed by atoms with Gasteiger partial charge < -0.3 is 14.7 Å². The van der Waals surface area contributed by atoms with Crippen LogP contribution in [0.2, 0.25) is 0 Å². The summed E-state index contributed by atoms with van der Waals surface area (Å²) in [6.45, 7) is 3.02. The van der Waals surface area contributed by atoms with Crippen LogP contribution in [0.1, 0.15) is 25.0 Å². The molecule has 0 bridgehead atoms. The van der Waals surface area contributed by atoms with Crippen LogP contribution in [0.25, 0.3) is 0 Å². The van der Waals surface area contributed by atoms with Crippen molar-refractivity contribution in [3.8, 4) is 0 Å². The summed E-state index contributed by atoms with van der Waals surface area (Å²) in [5, 5.41) is 9.00. The first kappa shape index (κ1) is 14.5. The van der Waals surface area contributed by atoms with Gasteiger partial charge in [0.15, 0.2) is 6.10 Å². The van der Waals surface area contributed by atoms with Crippen LogP contribution in [0.15, 0.2) is 30.3 Å². The third-order valence-corrected chi connectivity index (χ3v) is 3.51. The van der Waals surface area contributed by atoms with E-state index in [9.17, 15) is 9.59 Å². The summed E-state index contributed by atoms with van der Waals surface area (Å²) in [6, 6.07) is 9.30. The Morgan fingerprint density at radius 1 is 1.40 bits per heavy atom. The van der Waals surface area contributed by atoms with E-state index in [1.54, 1.807) is 4.90 Å². The van der Waals surface area contributed by atoms with Gasteiger partial charge in [-0.2, -0.15) is 0 Å². The molecule has 2 atom stereocenters. The predicted molar refractivity (Wildman–Crippen MR) is 73.1 cm³/mol.